The van der Waals surface area contributed by atoms with Crippen molar-refractivity contribution in [2.24, 2.45) is 0 Å². The van der Waals surface area contributed by atoms with Gasteiger partial charge in [-0.25, -0.2) is 18.6 Å². The van der Waals surface area contributed by atoms with E-state index < -0.39 is 47.3 Å². The van der Waals surface area contributed by atoms with Crippen molar-refractivity contribution in [1.82, 2.24) is 10.3 Å². The maximum absolute atomic E-state index is 13.8. The zero-order chi connectivity index (χ0) is 24.7. The van der Waals surface area contributed by atoms with Gasteiger partial charge in [-0.3, -0.25) is 10.1 Å². The molecule has 4 N–H and O–H groups in total. The molecular weight excluding hydrogens is 483 g/mol. The average molecular weight is 500 g/mol. The number of aliphatic hydroxyl groups is 1. The fraction of sp³-hybridized carbons (Fsp3) is 0.286. The number of anilines is 2. The second-order valence-electron chi connectivity index (χ2n) is 7.67. The fourth-order valence-electron chi connectivity index (χ4n) is 3.31. The van der Waals surface area contributed by atoms with Crippen molar-refractivity contribution in [3.63, 3.8) is 0 Å². The van der Waals surface area contributed by atoms with Crippen LogP contribution in [-0.2, 0) is 10.4 Å². The first-order valence-electron chi connectivity index (χ1n) is 9.96. The highest BCUT2D eigenvalue weighted by Gasteiger charge is 2.61. The number of rotatable bonds is 5. The third-order valence-electron chi connectivity index (χ3n) is 5.37. The molecule has 1 aromatic heterocycles. The summed E-state index contributed by atoms with van der Waals surface area (Å²) in [7, 11) is 0. The Labute approximate surface area is 193 Å². The van der Waals surface area contributed by atoms with Crippen LogP contribution in [0, 0.1) is 5.82 Å². The molecule has 4 rings (SSSR count). The number of thiazole rings is 1. The van der Waals surface area contributed by atoms with Crippen molar-refractivity contribution < 1.29 is 36.6 Å². The summed E-state index contributed by atoms with van der Waals surface area (Å²) in [4.78, 5) is 28.6. The summed E-state index contributed by atoms with van der Waals surface area (Å²) in [5, 5.41) is 17.3. The molecule has 180 valence electrons. The highest BCUT2D eigenvalue weighted by atomic mass is 32.1. The molecule has 1 saturated carbocycles. The van der Waals surface area contributed by atoms with Crippen LogP contribution < -0.4 is 16.0 Å². The number of nitrogens with one attached hydrogen (secondary N) is 3. The molecule has 2 aromatic carbocycles. The Bertz CT molecular complexity index is 1230. The van der Waals surface area contributed by atoms with Gasteiger partial charge in [0.15, 0.2) is 5.13 Å². The van der Waals surface area contributed by atoms with E-state index >= 15 is 0 Å². The molecule has 0 radical (unpaired) electrons. The molecule has 1 heterocycles. The monoisotopic (exact) mass is 500 g/mol. The zero-order valence-electron chi connectivity index (χ0n) is 17.1. The summed E-state index contributed by atoms with van der Waals surface area (Å²) in [6.07, 6.45) is -6.57. The van der Waals surface area contributed by atoms with Crippen LogP contribution in [0.5, 0.6) is 0 Å². The summed E-state index contributed by atoms with van der Waals surface area (Å²) in [6.45, 7) is 0. The van der Waals surface area contributed by atoms with E-state index in [1.165, 1.54) is 12.1 Å². The third-order valence-corrected chi connectivity index (χ3v) is 6.31. The second-order valence-corrected chi connectivity index (χ2v) is 8.70. The minimum atomic E-state index is -5.39. The van der Waals surface area contributed by atoms with Gasteiger partial charge in [-0.15, -0.1) is 0 Å². The minimum absolute atomic E-state index is 0.0292. The molecule has 1 fully saturated rings. The lowest BCUT2D eigenvalue weighted by atomic mass is 9.87. The van der Waals surface area contributed by atoms with Crippen LogP contribution in [0.4, 0.5) is 37.6 Å². The molecule has 7 nitrogen and oxygen atoms in total. The lowest BCUT2D eigenvalue weighted by molar-refractivity contribution is -0.257. The van der Waals surface area contributed by atoms with Crippen LogP contribution in [0.25, 0.3) is 10.2 Å². The van der Waals surface area contributed by atoms with E-state index in [9.17, 15) is 36.6 Å². The average Bonchev–Trinajstić information content (AvgIpc) is 3.17. The first kappa shape index (κ1) is 23.8. The van der Waals surface area contributed by atoms with Gasteiger partial charge in [-0.05, 0) is 49.2 Å². The van der Waals surface area contributed by atoms with E-state index in [0.717, 1.165) is 41.7 Å². The number of carbonyl (C=O) groups is 2. The first-order chi connectivity index (χ1) is 16.0. The molecule has 34 heavy (non-hydrogen) atoms. The van der Waals surface area contributed by atoms with Crippen LogP contribution in [-0.4, -0.2) is 40.4 Å². The van der Waals surface area contributed by atoms with E-state index in [-0.39, 0.29) is 28.2 Å². The number of fused-ring (bicyclic) bond motifs is 1. The van der Waals surface area contributed by atoms with Crippen molar-refractivity contribution >= 4 is 44.3 Å². The Morgan fingerprint density at radius 2 is 1.76 bits per heavy atom. The van der Waals surface area contributed by atoms with Gasteiger partial charge >= 0.3 is 12.2 Å². The maximum Gasteiger partial charge on any atom is 0.430 e. The van der Waals surface area contributed by atoms with Gasteiger partial charge in [0, 0.05) is 11.3 Å². The number of alkyl halides is 4. The SMILES string of the molecule is O=C(Nc1ccc(F)cc1)Nc1nc2ccc([C@](O)(C(=O)N[C@H]3CC[C@@H]3F)C(F)(F)F)cc2s1. The van der Waals surface area contributed by atoms with Crippen LogP contribution in [0.3, 0.4) is 0 Å². The van der Waals surface area contributed by atoms with Gasteiger partial charge in [0.25, 0.3) is 11.5 Å². The van der Waals surface area contributed by atoms with Gasteiger partial charge in [0.1, 0.15) is 12.0 Å². The van der Waals surface area contributed by atoms with Crippen LogP contribution in [0.1, 0.15) is 18.4 Å². The van der Waals surface area contributed by atoms with Gasteiger partial charge in [0.2, 0.25) is 0 Å². The number of nitrogens with zero attached hydrogens (tertiary/aromatic N) is 1. The summed E-state index contributed by atoms with van der Waals surface area (Å²) >= 11 is 0.808. The number of aromatic nitrogens is 1. The van der Waals surface area contributed by atoms with Crippen molar-refractivity contribution in [2.75, 3.05) is 10.6 Å². The van der Waals surface area contributed by atoms with Crippen LogP contribution in [0.2, 0.25) is 0 Å². The lowest BCUT2D eigenvalue weighted by Crippen LogP contribution is -2.59. The lowest BCUT2D eigenvalue weighted by Gasteiger charge is -2.36. The molecule has 0 saturated heterocycles. The van der Waals surface area contributed by atoms with Gasteiger partial charge in [-0.1, -0.05) is 17.4 Å². The molecule has 3 amide bonds. The molecule has 0 spiro atoms. The highest BCUT2D eigenvalue weighted by molar-refractivity contribution is 7.22. The number of hydrogen-bond acceptors (Lipinski definition) is 5. The Morgan fingerprint density at radius 1 is 1.06 bits per heavy atom. The fourth-order valence-corrected chi connectivity index (χ4v) is 4.21. The van der Waals surface area contributed by atoms with E-state index in [2.05, 4.69) is 15.6 Å². The Morgan fingerprint density at radius 3 is 2.35 bits per heavy atom. The molecule has 3 aromatic rings. The summed E-state index contributed by atoms with van der Waals surface area (Å²) < 4.78 is 68.0. The van der Waals surface area contributed by atoms with Crippen LogP contribution in [0.15, 0.2) is 42.5 Å². The van der Waals surface area contributed by atoms with Gasteiger partial charge in [-0.2, -0.15) is 13.2 Å². The van der Waals surface area contributed by atoms with E-state index in [4.69, 9.17) is 0 Å². The number of benzene rings is 2. The number of amides is 3. The van der Waals surface area contributed by atoms with Crippen LogP contribution >= 0.6 is 11.3 Å². The standard InChI is InChI=1S/C21H17F5N4O3S/c22-11-2-4-12(5-3-11)27-18(32)30-19-29-15-7-1-10(9-16(15)34-19)20(33,21(24,25)26)17(31)28-14-8-6-13(14)23/h1-5,7,9,13-14,33H,6,8H2,(H,28,31)(H2,27,29,30,32)/t13-,14-,20-/m0/s1. The first-order valence-corrected chi connectivity index (χ1v) is 10.8. The summed E-state index contributed by atoms with van der Waals surface area (Å²) in [5.41, 5.74) is -4.18. The molecular formula is C21H17F5N4O3S. The normalized spacial score (nSPS) is 19.7. The quantitative estimate of drug-likeness (QED) is 0.389. The molecule has 1 aliphatic rings. The second kappa shape index (κ2) is 8.80. The molecule has 3 atom stereocenters. The number of hydrogen-bond donors (Lipinski definition) is 4. The van der Waals surface area contributed by atoms with Crippen molar-refractivity contribution in [2.45, 2.75) is 36.8 Å². The van der Waals surface area contributed by atoms with E-state index in [1.807, 2.05) is 5.32 Å². The van der Waals surface area contributed by atoms with E-state index in [0.29, 0.717) is 5.69 Å². The van der Waals surface area contributed by atoms with Crippen molar-refractivity contribution in [3.05, 3.63) is 53.8 Å². The highest BCUT2D eigenvalue weighted by Crippen LogP contribution is 2.41. The molecule has 13 heteroatoms. The number of urea groups is 1. The third kappa shape index (κ3) is 4.53. The Kier molecular flexibility index (Phi) is 6.16. The predicted octanol–water partition coefficient (Wildman–Crippen LogP) is 4.45. The minimum Gasteiger partial charge on any atom is -0.369 e. The summed E-state index contributed by atoms with van der Waals surface area (Å²) in [5.74, 6) is -2.26. The molecule has 1 aliphatic carbocycles. The predicted molar refractivity (Wildman–Crippen MR) is 115 cm³/mol. The molecule has 0 aliphatic heterocycles. The van der Waals surface area contributed by atoms with Gasteiger partial charge in [0.05, 0.1) is 16.3 Å². The Balaban J connectivity index is 1.56. The largest absolute Gasteiger partial charge is 0.430 e. The van der Waals surface area contributed by atoms with Crippen molar-refractivity contribution in [3.8, 4) is 0 Å². The van der Waals surface area contributed by atoms with Gasteiger partial charge < -0.3 is 15.7 Å². The maximum atomic E-state index is 13.8. The summed E-state index contributed by atoms with van der Waals surface area (Å²) in [6, 6.07) is 6.13. The number of halogens is 5. The van der Waals surface area contributed by atoms with Crippen molar-refractivity contribution in [1.29, 1.82) is 0 Å². The van der Waals surface area contributed by atoms with E-state index in [1.54, 1.807) is 0 Å². The zero-order valence-corrected chi connectivity index (χ0v) is 17.9. The topological polar surface area (TPSA) is 103 Å². The smallest absolute Gasteiger partial charge is 0.369 e. The Hall–Kier alpha value is -3.32. The molecule has 0 unspecified atom stereocenters. The molecule has 0 bridgehead atoms. The number of carbonyl (C=O) groups excluding carboxylic acids is 2.